The average molecular weight is 416 g/mol. The average Bonchev–Trinajstić information content (AvgIpc) is 2.93. The molecule has 0 aliphatic carbocycles. The van der Waals surface area contributed by atoms with Gasteiger partial charge in [-0.05, 0) is 61.4 Å². The zero-order valence-corrected chi connectivity index (χ0v) is 16.4. The molecular weight excluding hydrogens is 394 g/mol. The number of piperidine rings is 1. The lowest BCUT2D eigenvalue weighted by Gasteiger charge is -2.51. The van der Waals surface area contributed by atoms with Gasteiger partial charge in [-0.1, -0.05) is 28.0 Å². The number of rotatable bonds is 1. The van der Waals surface area contributed by atoms with Gasteiger partial charge in [0.25, 0.3) is 5.91 Å². The summed E-state index contributed by atoms with van der Waals surface area (Å²) in [7, 11) is 0. The molecule has 1 N–H and O–H groups in total. The summed E-state index contributed by atoms with van der Waals surface area (Å²) in [5.74, 6) is -0.162. The summed E-state index contributed by atoms with van der Waals surface area (Å²) in [5, 5.41) is 14.3. The predicted octanol–water partition coefficient (Wildman–Crippen LogP) is 4.37. The van der Waals surface area contributed by atoms with Crippen LogP contribution in [0, 0.1) is 5.41 Å². The third-order valence-electron chi connectivity index (χ3n) is 6.84. The molecule has 1 aromatic carbocycles. The fourth-order valence-corrected chi connectivity index (χ4v) is 6.02. The molecule has 1 fully saturated rings. The Morgan fingerprint density at radius 1 is 1.38 bits per heavy atom. The van der Waals surface area contributed by atoms with Crippen molar-refractivity contribution in [3.8, 4) is 0 Å². The van der Waals surface area contributed by atoms with E-state index in [4.69, 9.17) is 0 Å². The lowest BCUT2D eigenvalue weighted by molar-refractivity contribution is 0.00376. The predicted molar refractivity (Wildman–Crippen MR) is 104 cm³/mol. The number of oxime groups is 1. The number of halogens is 1. The Labute approximate surface area is 160 Å². The first-order valence-corrected chi connectivity index (χ1v) is 10.2. The molecule has 5 rings (SSSR count). The minimum absolute atomic E-state index is 0.0372. The van der Waals surface area contributed by atoms with Gasteiger partial charge >= 0.3 is 0 Å². The highest BCUT2D eigenvalue weighted by molar-refractivity contribution is 9.10. The molecule has 2 atom stereocenters. The Kier molecular flexibility index (Phi) is 3.60. The number of benzene rings is 1. The second kappa shape index (κ2) is 5.67. The van der Waals surface area contributed by atoms with Crippen molar-refractivity contribution < 1.29 is 10.0 Å². The summed E-state index contributed by atoms with van der Waals surface area (Å²) >= 11 is 3.58. The van der Waals surface area contributed by atoms with Gasteiger partial charge in [0.15, 0.2) is 0 Å². The molecule has 5 nitrogen and oxygen atoms in total. The summed E-state index contributed by atoms with van der Waals surface area (Å²) in [6, 6.07) is 6.34. The number of carbonyl (C=O) groups is 1. The first-order valence-electron chi connectivity index (χ1n) is 9.42. The topological polar surface area (TPSA) is 57.8 Å². The molecule has 0 spiro atoms. The molecule has 4 heterocycles. The molecule has 6 heteroatoms. The number of fused-ring (bicyclic) bond motifs is 3. The standard InChI is InChI=1S/C20H22BrN3O2/c1-2-20-7-3-8-23-9-6-13-14-10-12(21)4-5-16(14)24(17(13)18(20)23)19(25)15(11-20)22-26/h4-5,10,18,26H,2-3,6-9,11H2,1H3. The maximum atomic E-state index is 13.4. The van der Waals surface area contributed by atoms with Gasteiger partial charge in [-0.25, -0.2) is 0 Å². The Hall–Kier alpha value is -1.66. The lowest BCUT2D eigenvalue weighted by atomic mass is 9.66. The van der Waals surface area contributed by atoms with E-state index in [0.717, 1.165) is 59.8 Å². The summed E-state index contributed by atoms with van der Waals surface area (Å²) in [6.07, 6.45) is 4.70. The van der Waals surface area contributed by atoms with Gasteiger partial charge in [-0.15, -0.1) is 0 Å². The number of aromatic nitrogens is 1. The van der Waals surface area contributed by atoms with Crippen LogP contribution >= 0.6 is 15.9 Å². The van der Waals surface area contributed by atoms with Crippen LogP contribution in [-0.4, -0.2) is 39.4 Å². The van der Waals surface area contributed by atoms with E-state index in [2.05, 4.69) is 39.0 Å². The van der Waals surface area contributed by atoms with E-state index >= 15 is 0 Å². The van der Waals surface area contributed by atoms with Gasteiger partial charge in [-0.3, -0.25) is 14.3 Å². The maximum absolute atomic E-state index is 13.4. The lowest BCUT2D eigenvalue weighted by Crippen LogP contribution is -2.49. The molecule has 3 aliphatic rings. The molecule has 1 aromatic heterocycles. The van der Waals surface area contributed by atoms with E-state index in [-0.39, 0.29) is 17.4 Å². The molecule has 136 valence electrons. The monoisotopic (exact) mass is 415 g/mol. The smallest absolute Gasteiger partial charge is 0.280 e. The summed E-state index contributed by atoms with van der Waals surface area (Å²) in [6.45, 7) is 4.33. The van der Waals surface area contributed by atoms with Crippen LogP contribution < -0.4 is 0 Å². The van der Waals surface area contributed by atoms with Crippen LogP contribution in [0.25, 0.3) is 10.9 Å². The molecule has 0 radical (unpaired) electrons. The van der Waals surface area contributed by atoms with Gasteiger partial charge in [0.05, 0.1) is 11.6 Å². The Morgan fingerprint density at radius 3 is 3.00 bits per heavy atom. The van der Waals surface area contributed by atoms with Crippen LogP contribution in [0.3, 0.4) is 0 Å². The first kappa shape index (κ1) is 16.5. The van der Waals surface area contributed by atoms with Crippen molar-refractivity contribution in [1.82, 2.24) is 9.47 Å². The molecule has 26 heavy (non-hydrogen) atoms. The van der Waals surface area contributed by atoms with E-state index in [0.29, 0.717) is 12.1 Å². The fraction of sp³-hybridized carbons (Fsp3) is 0.500. The highest BCUT2D eigenvalue weighted by Crippen LogP contribution is 2.55. The van der Waals surface area contributed by atoms with Crippen molar-refractivity contribution in [2.45, 2.75) is 45.1 Å². The van der Waals surface area contributed by atoms with Crippen LogP contribution in [0.1, 0.15) is 54.7 Å². The van der Waals surface area contributed by atoms with E-state index in [1.165, 1.54) is 5.56 Å². The molecule has 1 saturated heterocycles. The number of hydrogen-bond acceptors (Lipinski definition) is 4. The number of nitrogens with zero attached hydrogens (tertiary/aromatic N) is 3. The van der Waals surface area contributed by atoms with Crippen molar-refractivity contribution in [2.75, 3.05) is 13.1 Å². The van der Waals surface area contributed by atoms with Crippen molar-refractivity contribution in [3.63, 3.8) is 0 Å². The second-order valence-electron chi connectivity index (χ2n) is 7.90. The minimum Gasteiger partial charge on any atom is -0.410 e. The third kappa shape index (κ3) is 2.00. The zero-order chi connectivity index (χ0) is 18.1. The fourth-order valence-electron chi connectivity index (χ4n) is 5.66. The van der Waals surface area contributed by atoms with Crippen LogP contribution in [0.5, 0.6) is 0 Å². The molecule has 3 aliphatic heterocycles. The van der Waals surface area contributed by atoms with E-state index in [1.54, 1.807) is 0 Å². The Balaban J connectivity index is 1.91. The van der Waals surface area contributed by atoms with E-state index in [9.17, 15) is 10.0 Å². The van der Waals surface area contributed by atoms with Crippen LogP contribution in [0.15, 0.2) is 27.8 Å². The van der Waals surface area contributed by atoms with Gasteiger partial charge in [0.1, 0.15) is 5.71 Å². The molecule has 2 aromatic rings. The summed E-state index contributed by atoms with van der Waals surface area (Å²) < 4.78 is 2.88. The highest BCUT2D eigenvalue weighted by Gasteiger charge is 2.52. The van der Waals surface area contributed by atoms with Crippen molar-refractivity contribution >= 4 is 38.5 Å². The van der Waals surface area contributed by atoms with Gasteiger partial charge in [-0.2, -0.15) is 0 Å². The summed E-state index contributed by atoms with van der Waals surface area (Å²) in [5.41, 5.74) is 3.64. The highest BCUT2D eigenvalue weighted by atomic mass is 79.9. The molecule has 0 amide bonds. The molecule has 2 unspecified atom stereocenters. The van der Waals surface area contributed by atoms with Gasteiger partial charge < -0.3 is 5.21 Å². The number of hydrogen-bond donors (Lipinski definition) is 1. The van der Waals surface area contributed by atoms with Crippen LogP contribution in [-0.2, 0) is 6.42 Å². The molecule has 0 bridgehead atoms. The van der Waals surface area contributed by atoms with Crippen molar-refractivity contribution in [1.29, 1.82) is 0 Å². The third-order valence-corrected chi connectivity index (χ3v) is 7.34. The largest absolute Gasteiger partial charge is 0.410 e. The Bertz CT molecular complexity index is 964. The van der Waals surface area contributed by atoms with Crippen LogP contribution in [0.4, 0.5) is 0 Å². The molecular formula is C20H22BrN3O2. The zero-order valence-electron chi connectivity index (χ0n) is 14.8. The second-order valence-corrected chi connectivity index (χ2v) is 8.81. The van der Waals surface area contributed by atoms with Crippen LogP contribution in [0.2, 0.25) is 0 Å². The van der Waals surface area contributed by atoms with E-state index in [1.807, 2.05) is 16.7 Å². The van der Waals surface area contributed by atoms with Crippen molar-refractivity contribution in [2.24, 2.45) is 10.6 Å². The maximum Gasteiger partial charge on any atom is 0.280 e. The normalized spacial score (nSPS) is 29.8. The minimum atomic E-state index is -0.162. The number of carbonyl (C=O) groups excluding carboxylic acids is 1. The van der Waals surface area contributed by atoms with Crippen molar-refractivity contribution in [3.05, 3.63) is 33.9 Å². The van der Waals surface area contributed by atoms with E-state index < -0.39 is 0 Å². The SMILES string of the molecule is CCC12CCCN3CCc4c(n(c5ccc(Br)cc45)C(=O)C(=NO)C1)C32. The Morgan fingerprint density at radius 2 is 2.23 bits per heavy atom. The quantitative estimate of drug-likeness (QED) is 0.555. The molecule has 0 saturated carbocycles. The first-order chi connectivity index (χ1) is 12.6. The van der Waals surface area contributed by atoms with Gasteiger partial charge in [0, 0.05) is 28.5 Å². The summed E-state index contributed by atoms with van der Waals surface area (Å²) in [4.78, 5) is 15.9. The van der Waals surface area contributed by atoms with Gasteiger partial charge in [0.2, 0.25) is 0 Å².